The largest absolute Gasteiger partial charge is 0.453 e. The molecule has 0 aliphatic carbocycles. The third kappa shape index (κ3) is 3.34. The molecule has 1 unspecified atom stereocenters. The number of ether oxygens (including phenoxy) is 1. The van der Waals surface area contributed by atoms with E-state index in [1.165, 1.54) is 12.8 Å². The standard InChI is InChI=1S/C12H18BrNO2/c1-9(11-2-3-12(13)16-11)14-8-10-4-6-15-7-5-10/h2-3,9-10,14H,4-8H2,1H3. The van der Waals surface area contributed by atoms with Gasteiger partial charge in [0.1, 0.15) is 5.76 Å². The van der Waals surface area contributed by atoms with Crippen molar-refractivity contribution in [3.8, 4) is 0 Å². The molecular weight excluding hydrogens is 270 g/mol. The lowest BCUT2D eigenvalue weighted by atomic mass is 10.00. The van der Waals surface area contributed by atoms with Gasteiger partial charge in [-0.2, -0.15) is 0 Å². The molecule has 0 saturated carbocycles. The maximum absolute atomic E-state index is 5.51. The van der Waals surface area contributed by atoms with Crippen LogP contribution in [0.15, 0.2) is 21.2 Å². The van der Waals surface area contributed by atoms with Crippen LogP contribution in [0.2, 0.25) is 0 Å². The number of nitrogens with one attached hydrogen (secondary N) is 1. The van der Waals surface area contributed by atoms with Crippen molar-refractivity contribution >= 4 is 15.9 Å². The maximum atomic E-state index is 5.51. The second-order valence-corrected chi connectivity index (χ2v) is 5.11. The van der Waals surface area contributed by atoms with E-state index in [-0.39, 0.29) is 6.04 Å². The molecule has 1 aromatic heterocycles. The lowest BCUT2D eigenvalue weighted by molar-refractivity contribution is 0.0654. The number of halogens is 1. The molecule has 1 aromatic rings. The van der Waals surface area contributed by atoms with E-state index in [0.717, 1.165) is 36.1 Å². The highest BCUT2D eigenvalue weighted by Gasteiger charge is 2.16. The smallest absolute Gasteiger partial charge is 0.169 e. The molecule has 3 nitrogen and oxygen atoms in total. The van der Waals surface area contributed by atoms with Gasteiger partial charge in [-0.25, -0.2) is 0 Å². The van der Waals surface area contributed by atoms with Crippen LogP contribution in [0.5, 0.6) is 0 Å². The summed E-state index contributed by atoms with van der Waals surface area (Å²) in [6.07, 6.45) is 2.34. The van der Waals surface area contributed by atoms with Crippen molar-refractivity contribution in [2.24, 2.45) is 5.92 Å². The summed E-state index contributed by atoms with van der Waals surface area (Å²) in [5.41, 5.74) is 0. The van der Waals surface area contributed by atoms with E-state index in [0.29, 0.717) is 0 Å². The zero-order valence-electron chi connectivity index (χ0n) is 9.54. The van der Waals surface area contributed by atoms with E-state index < -0.39 is 0 Å². The van der Waals surface area contributed by atoms with Crippen molar-refractivity contribution in [2.45, 2.75) is 25.8 Å². The Hall–Kier alpha value is -0.320. The minimum Gasteiger partial charge on any atom is -0.453 e. The van der Waals surface area contributed by atoms with Gasteiger partial charge in [0.05, 0.1) is 6.04 Å². The molecule has 1 N–H and O–H groups in total. The number of hydrogen-bond donors (Lipinski definition) is 1. The maximum Gasteiger partial charge on any atom is 0.169 e. The summed E-state index contributed by atoms with van der Waals surface area (Å²) in [6, 6.07) is 4.21. The molecule has 0 radical (unpaired) electrons. The molecule has 1 fully saturated rings. The average Bonchev–Trinajstić information content (AvgIpc) is 2.74. The monoisotopic (exact) mass is 287 g/mol. The van der Waals surface area contributed by atoms with Gasteiger partial charge in [-0.05, 0) is 60.3 Å². The van der Waals surface area contributed by atoms with Crippen LogP contribution in [0.3, 0.4) is 0 Å². The molecule has 90 valence electrons. The first-order valence-electron chi connectivity index (χ1n) is 5.82. The highest BCUT2D eigenvalue weighted by molar-refractivity contribution is 9.10. The van der Waals surface area contributed by atoms with Crippen LogP contribution in [-0.2, 0) is 4.74 Å². The first-order valence-corrected chi connectivity index (χ1v) is 6.61. The van der Waals surface area contributed by atoms with Crippen molar-refractivity contribution < 1.29 is 9.15 Å². The normalized spacial score (nSPS) is 19.9. The second-order valence-electron chi connectivity index (χ2n) is 4.33. The lowest BCUT2D eigenvalue weighted by Crippen LogP contribution is -2.29. The van der Waals surface area contributed by atoms with Gasteiger partial charge in [0.25, 0.3) is 0 Å². The van der Waals surface area contributed by atoms with Gasteiger partial charge in [0, 0.05) is 13.2 Å². The van der Waals surface area contributed by atoms with Crippen LogP contribution in [0.4, 0.5) is 0 Å². The van der Waals surface area contributed by atoms with Gasteiger partial charge in [-0.1, -0.05) is 0 Å². The summed E-state index contributed by atoms with van der Waals surface area (Å²) < 4.78 is 11.7. The van der Waals surface area contributed by atoms with Gasteiger partial charge < -0.3 is 14.5 Å². The summed E-state index contributed by atoms with van der Waals surface area (Å²) in [5.74, 6) is 1.73. The molecule has 1 atom stereocenters. The molecule has 0 amide bonds. The highest BCUT2D eigenvalue weighted by Crippen LogP contribution is 2.21. The molecule has 16 heavy (non-hydrogen) atoms. The Bertz CT molecular complexity index is 321. The predicted molar refractivity (Wildman–Crippen MR) is 66.4 cm³/mol. The SMILES string of the molecule is CC(NCC1CCOCC1)c1ccc(Br)o1. The molecule has 0 aromatic carbocycles. The van der Waals surface area contributed by atoms with Crippen LogP contribution in [-0.4, -0.2) is 19.8 Å². The Kier molecular flexibility index (Phi) is 4.44. The third-order valence-corrected chi connectivity index (χ3v) is 3.50. The summed E-state index contributed by atoms with van der Waals surface area (Å²) in [4.78, 5) is 0. The number of rotatable bonds is 4. The van der Waals surface area contributed by atoms with E-state index in [4.69, 9.17) is 9.15 Å². The zero-order valence-corrected chi connectivity index (χ0v) is 11.1. The third-order valence-electron chi connectivity index (χ3n) is 3.07. The second kappa shape index (κ2) is 5.84. The van der Waals surface area contributed by atoms with Crippen LogP contribution in [0.1, 0.15) is 31.6 Å². The topological polar surface area (TPSA) is 34.4 Å². The summed E-state index contributed by atoms with van der Waals surface area (Å²) >= 11 is 3.32. The fourth-order valence-electron chi connectivity index (χ4n) is 1.96. The quantitative estimate of drug-likeness (QED) is 0.924. The fraction of sp³-hybridized carbons (Fsp3) is 0.667. The Morgan fingerprint density at radius 1 is 1.44 bits per heavy atom. The highest BCUT2D eigenvalue weighted by atomic mass is 79.9. The van der Waals surface area contributed by atoms with E-state index in [2.05, 4.69) is 28.2 Å². The van der Waals surface area contributed by atoms with Crippen LogP contribution in [0.25, 0.3) is 0 Å². The molecule has 4 heteroatoms. The fourth-order valence-corrected chi connectivity index (χ4v) is 2.27. The van der Waals surface area contributed by atoms with E-state index >= 15 is 0 Å². The number of hydrogen-bond acceptors (Lipinski definition) is 3. The van der Waals surface area contributed by atoms with Crippen LogP contribution >= 0.6 is 15.9 Å². The molecule has 0 spiro atoms. The van der Waals surface area contributed by atoms with E-state index in [9.17, 15) is 0 Å². The Balaban J connectivity index is 1.76. The predicted octanol–water partition coefficient (Wildman–Crippen LogP) is 3.12. The minimum atomic E-state index is 0.272. The van der Waals surface area contributed by atoms with E-state index in [1.54, 1.807) is 0 Å². The summed E-state index contributed by atoms with van der Waals surface area (Å²) in [5, 5.41) is 3.51. The Labute approximate surface area is 105 Å². The van der Waals surface area contributed by atoms with E-state index in [1.807, 2.05) is 12.1 Å². The molecule has 1 saturated heterocycles. The van der Waals surface area contributed by atoms with Gasteiger partial charge in [-0.15, -0.1) is 0 Å². The van der Waals surface area contributed by atoms with Crippen molar-refractivity contribution in [1.82, 2.24) is 5.32 Å². The first-order chi connectivity index (χ1) is 7.75. The summed E-state index contributed by atoms with van der Waals surface area (Å²) in [7, 11) is 0. The zero-order chi connectivity index (χ0) is 11.4. The van der Waals surface area contributed by atoms with Gasteiger partial charge >= 0.3 is 0 Å². The van der Waals surface area contributed by atoms with Crippen LogP contribution in [0, 0.1) is 5.92 Å². The molecule has 0 bridgehead atoms. The minimum absolute atomic E-state index is 0.272. The molecule has 2 heterocycles. The van der Waals surface area contributed by atoms with Gasteiger partial charge in [0.15, 0.2) is 4.67 Å². The number of furan rings is 1. The van der Waals surface area contributed by atoms with Crippen molar-refractivity contribution in [2.75, 3.05) is 19.8 Å². The average molecular weight is 288 g/mol. The van der Waals surface area contributed by atoms with Gasteiger partial charge in [0.2, 0.25) is 0 Å². The summed E-state index contributed by atoms with van der Waals surface area (Å²) in [6.45, 7) is 4.99. The Morgan fingerprint density at radius 2 is 2.19 bits per heavy atom. The Morgan fingerprint density at radius 3 is 2.81 bits per heavy atom. The van der Waals surface area contributed by atoms with Crippen molar-refractivity contribution in [3.63, 3.8) is 0 Å². The molecule has 1 aliphatic rings. The molecular formula is C12H18BrNO2. The lowest BCUT2D eigenvalue weighted by Gasteiger charge is -2.23. The van der Waals surface area contributed by atoms with Crippen molar-refractivity contribution in [3.05, 3.63) is 22.6 Å². The van der Waals surface area contributed by atoms with Gasteiger partial charge in [-0.3, -0.25) is 0 Å². The van der Waals surface area contributed by atoms with Crippen LogP contribution < -0.4 is 5.32 Å². The van der Waals surface area contributed by atoms with Crippen molar-refractivity contribution in [1.29, 1.82) is 0 Å². The molecule has 2 rings (SSSR count). The molecule has 1 aliphatic heterocycles. The first kappa shape index (κ1) is 12.1.